The number of carboxylic acid groups (broad SMARTS) is 1. The van der Waals surface area contributed by atoms with E-state index in [4.69, 9.17) is 0 Å². The number of thiazole rings is 1. The monoisotopic (exact) mass is 394 g/mol. The number of rotatable bonds is 3. The van der Waals surface area contributed by atoms with Crippen LogP contribution in [0.25, 0.3) is 0 Å². The number of carbonyl (C=O) groups is 1. The molecule has 1 saturated carbocycles. The molecule has 2 fully saturated rings. The van der Waals surface area contributed by atoms with Gasteiger partial charge in [0.05, 0.1) is 14.9 Å². The third-order valence-corrected chi connectivity index (χ3v) is 8.72. The number of halogens is 1. The summed E-state index contributed by atoms with van der Waals surface area (Å²) < 4.78 is 27.3. The second-order valence-corrected chi connectivity index (χ2v) is 10.1. The van der Waals surface area contributed by atoms with Crippen LogP contribution in [0.15, 0.2) is 8.13 Å². The van der Waals surface area contributed by atoms with Gasteiger partial charge in [0.25, 0.3) is 10.0 Å². The zero-order valence-electron chi connectivity index (χ0n) is 11.4. The molecule has 6 nitrogen and oxygen atoms in total. The van der Waals surface area contributed by atoms with Gasteiger partial charge in [-0.3, -0.25) is 4.79 Å². The fourth-order valence-electron chi connectivity index (χ4n) is 3.35. The molecule has 2 aliphatic rings. The quantitative estimate of drug-likeness (QED) is 0.847. The van der Waals surface area contributed by atoms with Crippen molar-refractivity contribution < 1.29 is 18.3 Å². The standard InChI is InChI=1S/C12H15BrN2O4S2/c1-7-9(13)20-11(14-7)21(18,19)15-5-8-3-2-4-12(8,6-15)10(16)17/h8H,2-6H2,1H3,(H,16,17)/t8-,12+/m0/s1. The SMILES string of the molecule is Cc1nc(S(=O)(=O)N2C[C@@H]3CCC[C@@]3(C(=O)O)C2)sc1Br. The molecule has 3 rings (SSSR count). The highest BCUT2D eigenvalue weighted by Gasteiger charge is 2.57. The number of nitrogens with zero attached hydrogens (tertiary/aromatic N) is 2. The fourth-order valence-corrected chi connectivity index (χ4v) is 6.99. The molecule has 0 unspecified atom stereocenters. The maximum absolute atomic E-state index is 12.7. The highest BCUT2D eigenvalue weighted by atomic mass is 79.9. The highest BCUT2D eigenvalue weighted by molar-refractivity contribution is 9.11. The number of fused-ring (bicyclic) bond motifs is 1. The van der Waals surface area contributed by atoms with Gasteiger partial charge in [0.15, 0.2) is 0 Å². The molecular formula is C12H15BrN2O4S2. The molecule has 1 N–H and O–H groups in total. The Morgan fingerprint density at radius 2 is 2.29 bits per heavy atom. The summed E-state index contributed by atoms with van der Waals surface area (Å²) in [5, 5.41) is 9.53. The highest BCUT2D eigenvalue weighted by Crippen LogP contribution is 2.50. The van der Waals surface area contributed by atoms with Crippen molar-refractivity contribution in [3.8, 4) is 0 Å². The summed E-state index contributed by atoms with van der Waals surface area (Å²) in [6.07, 6.45) is 2.19. The van der Waals surface area contributed by atoms with Gasteiger partial charge in [0.1, 0.15) is 0 Å². The second kappa shape index (κ2) is 5.00. The van der Waals surface area contributed by atoms with E-state index in [1.807, 2.05) is 0 Å². The largest absolute Gasteiger partial charge is 0.481 e. The molecule has 0 amide bonds. The van der Waals surface area contributed by atoms with E-state index in [9.17, 15) is 18.3 Å². The molecule has 0 radical (unpaired) electrons. The Balaban J connectivity index is 1.94. The first-order valence-corrected chi connectivity index (χ1v) is 9.69. The summed E-state index contributed by atoms with van der Waals surface area (Å²) >= 11 is 4.35. The van der Waals surface area contributed by atoms with Gasteiger partial charge in [-0.1, -0.05) is 17.8 Å². The van der Waals surface area contributed by atoms with E-state index in [0.717, 1.165) is 24.2 Å². The third kappa shape index (κ3) is 2.25. The van der Waals surface area contributed by atoms with Crippen LogP contribution >= 0.6 is 27.3 Å². The van der Waals surface area contributed by atoms with Gasteiger partial charge >= 0.3 is 5.97 Å². The molecule has 1 aliphatic carbocycles. The minimum absolute atomic E-state index is 0.0346. The average molecular weight is 395 g/mol. The van der Waals surface area contributed by atoms with Crippen LogP contribution in [0.1, 0.15) is 25.0 Å². The third-order valence-electron chi connectivity index (χ3n) is 4.55. The number of hydrogen-bond donors (Lipinski definition) is 1. The Bertz CT molecular complexity index is 683. The number of carboxylic acids is 1. The second-order valence-electron chi connectivity index (χ2n) is 5.69. The van der Waals surface area contributed by atoms with Crippen LogP contribution in [0.3, 0.4) is 0 Å². The summed E-state index contributed by atoms with van der Waals surface area (Å²) in [6.45, 7) is 2.08. The smallest absolute Gasteiger partial charge is 0.311 e. The van der Waals surface area contributed by atoms with Crippen molar-refractivity contribution >= 4 is 43.3 Å². The van der Waals surface area contributed by atoms with E-state index in [2.05, 4.69) is 20.9 Å². The van der Waals surface area contributed by atoms with E-state index in [0.29, 0.717) is 15.9 Å². The molecule has 1 aliphatic heterocycles. The van der Waals surface area contributed by atoms with E-state index < -0.39 is 21.4 Å². The van der Waals surface area contributed by atoms with Crippen molar-refractivity contribution in [3.05, 3.63) is 9.48 Å². The van der Waals surface area contributed by atoms with Crippen LogP contribution in [0.4, 0.5) is 0 Å². The molecule has 116 valence electrons. The fraction of sp³-hybridized carbons (Fsp3) is 0.667. The lowest BCUT2D eigenvalue weighted by molar-refractivity contribution is -0.149. The summed E-state index contributed by atoms with van der Waals surface area (Å²) in [6, 6.07) is 0. The van der Waals surface area contributed by atoms with Crippen LogP contribution in [0, 0.1) is 18.3 Å². The summed E-state index contributed by atoms with van der Waals surface area (Å²) in [5.41, 5.74) is -0.276. The molecule has 1 saturated heterocycles. The Morgan fingerprint density at radius 1 is 1.57 bits per heavy atom. The van der Waals surface area contributed by atoms with Crippen molar-refractivity contribution in [2.75, 3.05) is 13.1 Å². The topological polar surface area (TPSA) is 87.6 Å². The Labute approximate surface area is 135 Å². The van der Waals surface area contributed by atoms with Crippen molar-refractivity contribution in [3.63, 3.8) is 0 Å². The number of hydrogen-bond acceptors (Lipinski definition) is 5. The predicted molar refractivity (Wildman–Crippen MR) is 80.7 cm³/mol. The number of aliphatic carboxylic acids is 1. The molecule has 2 atom stereocenters. The van der Waals surface area contributed by atoms with E-state index in [1.165, 1.54) is 4.31 Å². The summed E-state index contributed by atoms with van der Waals surface area (Å²) in [7, 11) is -3.71. The van der Waals surface area contributed by atoms with Crippen LogP contribution in [-0.4, -0.2) is 41.9 Å². The minimum atomic E-state index is -3.71. The lowest BCUT2D eigenvalue weighted by Crippen LogP contribution is -2.37. The first-order chi connectivity index (χ1) is 9.77. The predicted octanol–water partition coefficient (Wildman–Crippen LogP) is 2.09. The summed E-state index contributed by atoms with van der Waals surface area (Å²) in [5.74, 6) is -0.964. The van der Waals surface area contributed by atoms with Gasteiger partial charge < -0.3 is 5.11 Å². The summed E-state index contributed by atoms with van der Waals surface area (Å²) in [4.78, 5) is 15.7. The Kier molecular flexibility index (Phi) is 3.67. The molecule has 2 heterocycles. The van der Waals surface area contributed by atoms with Crippen LogP contribution in [-0.2, 0) is 14.8 Å². The van der Waals surface area contributed by atoms with E-state index in [1.54, 1.807) is 6.92 Å². The van der Waals surface area contributed by atoms with Gasteiger partial charge in [-0.05, 0) is 41.6 Å². The van der Waals surface area contributed by atoms with Crippen LogP contribution in [0.2, 0.25) is 0 Å². The zero-order chi connectivity index (χ0) is 15.4. The molecule has 0 bridgehead atoms. The number of sulfonamides is 1. The van der Waals surface area contributed by atoms with E-state index >= 15 is 0 Å². The van der Waals surface area contributed by atoms with E-state index in [-0.39, 0.29) is 23.3 Å². The number of aromatic nitrogens is 1. The average Bonchev–Trinajstić information content (AvgIpc) is 3.02. The number of aryl methyl sites for hydroxylation is 1. The molecule has 1 aromatic rings. The van der Waals surface area contributed by atoms with Gasteiger partial charge in [0, 0.05) is 13.1 Å². The maximum atomic E-state index is 12.7. The maximum Gasteiger partial charge on any atom is 0.311 e. The van der Waals surface area contributed by atoms with Gasteiger partial charge in [-0.25, -0.2) is 13.4 Å². The zero-order valence-corrected chi connectivity index (χ0v) is 14.6. The van der Waals surface area contributed by atoms with Crippen molar-refractivity contribution in [2.24, 2.45) is 11.3 Å². The van der Waals surface area contributed by atoms with Crippen molar-refractivity contribution in [2.45, 2.75) is 30.5 Å². The normalized spacial score (nSPS) is 29.7. The van der Waals surface area contributed by atoms with Crippen LogP contribution in [0.5, 0.6) is 0 Å². The van der Waals surface area contributed by atoms with Crippen molar-refractivity contribution in [1.29, 1.82) is 0 Å². The lowest BCUT2D eigenvalue weighted by Gasteiger charge is -2.22. The minimum Gasteiger partial charge on any atom is -0.481 e. The molecule has 1 aromatic heterocycles. The first kappa shape index (κ1) is 15.4. The van der Waals surface area contributed by atoms with Gasteiger partial charge in [0.2, 0.25) is 4.34 Å². The van der Waals surface area contributed by atoms with Crippen LogP contribution < -0.4 is 0 Å². The Hall–Kier alpha value is -0.510. The molecule has 9 heteroatoms. The molecular weight excluding hydrogens is 380 g/mol. The first-order valence-electron chi connectivity index (χ1n) is 6.64. The van der Waals surface area contributed by atoms with Gasteiger partial charge in [-0.2, -0.15) is 4.31 Å². The van der Waals surface area contributed by atoms with Gasteiger partial charge in [-0.15, -0.1) is 0 Å². The lowest BCUT2D eigenvalue weighted by atomic mass is 9.81. The molecule has 21 heavy (non-hydrogen) atoms. The molecule has 0 spiro atoms. The Morgan fingerprint density at radius 3 is 2.81 bits per heavy atom. The van der Waals surface area contributed by atoms with Crippen molar-refractivity contribution in [1.82, 2.24) is 9.29 Å². The molecule has 0 aromatic carbocycles.